The molecule has 0 amide bonds. The number of nitrogens with zero attached hydrogens (tertiary/aromatic N) is 5. The van der Waals surface area contributed by atoms with E-state index in [0.29, 0.717) is 18.1 Å². The molecule has 3 rings (SSSR count). The van der Waals surface area contributed by atoms with E-state index in [1.165, 1.54) is 0 Å². The Balaban J connectivity index is 1.78. The van der Waals surface area contributed by atoms with Gasteiger partial charge in [-0.3, -0.25) is 9.67 Å². The summed E-state index contributed by atoms with van der Waals surface area (Å²) >= 11 is 0. The van der Waals surface area contributed by atoms with E-state index >= 15 is 0 Å². The number of aryl methyl sites for hydroxylation is 2. The van der Waals surface area contributed by atoms with Crippen molar-refractivity contribution < 1.29 is 4.74 Å². The highest BCUT2D eigenvalue weighted by Gasteiger charge is 2.06. The first-order valence-electron chi connectivity index (χ1n) is 7.21. The summed E-state index contributed by atoms with van der Waals surface area (Å²) in [4.78, 5) is 13.0. The van der Waals surface area contributed by atoms with Gasteiger partial charge in [0, 0.05) is 25.0 Å². The molecule has 0 aliphatic carbocycles. The first-order valence-corrected chi connectivity index (χ1v) is 7.21. The molecule has 0 bridgehead atoms. The largest absolute Gasteiger partial charge is 0.495 e. The van der Waals surface area contributed by atoms with Crippen molar-refractivity contribution in [1.82, 2.24) is 24.7 Å². The van der Waals surface area contributed by atoms with Gasteiger partial charge in [-0.2, -0.15) is 5.10 Å². The van der Waals surface area contributed by atoms with Gasteiger partial charge in [0.15, 0.2) is 5.82 Å². The molecule has 118 valence electrons. The summed E-state index contributed by atoms with van der Waals surface area (Å²) in [5.74, 6) is 2.02. The van der Waals surface area contributed by atoms with Crippen molar-refractivity contribution in [1.29, 1.82) is 0 Å². The lowest BCUT2D eigenvalue weighted by atomic mass is 10.2. The maximum absolute atomic E-state index is 5.18. The molecular weight excluding hydrogens is 292 g/mol. The van der Waals surface area contributed by atoms with Crippen LogP contribution in [0.2, 0.25) is 0 Å². The Labute approximate surface area is 134 Å². The van der Waals surface area contributed by atoms with Crippen molar-refractivity contribution in [3.05, 3.63) is 48.2 Å². The fourth-order valence-electron chi connectivity index (χ4n) is 2.26. The molecule has 0 saturated carbocycles. The van der Waals surface area contributed by atoms with Crippen LogP contribution >= 0.6 is 0 Å². The van der Waals surface area contributed by atoms with Gasteiger partial charge in [-0.05, 0) is 25.1 Å². The normalized spacial score (nSPS) is 10.6. The second kappa shape index (κ2) is 6.43. The van der Waals surface area contributed by atoms with Crippen LogP contribution in [0.25, 0.3) is 11.4 Å². The van der Waals surface area contributed by atoms with Crippen LogP contribution in [0, 0.1) is 6.92 Å². The molecule has 0 spiro atoms. The average molecular weight is 310 g/mol. The van der Waals surface area contributed by atoms with Gasteiger partial charge < -0.3 is 10.1 Å². The van der Waals surface area contributed by atoms with E-state index in [4.69, 9.17) is 4.74 Å². The first-order chi connectivity index (χ1) is 11.2. The smallest absolute Gasteiger partial charge is 0.163 e. The van der Waals surface area contributed by atoms with Crippen LogP contribution in [-0.4, -0.2) is 31.8 Å². The van der Waals surface area contributed by atoms with Crippen molar-refractivity contribution in [2.45, 2.75) is 13.5 Å². The fourth-order valence-corrected chi connectivity index (χ4v) is 2.26. The lowest BCUT2D eigenvalue weighted by Gasteiger charge is -2.08. The van der Waals surface area contributed by atoms with Crippen LogP contribution in [0.3, 0.4) is 0 Å². The number of aromatic nitrogens is 5. The third-order valence-corrected chi connectivity index (χ3v) is 3.41. The van der Waals surface area contributed by atoms with Crippen LogP contribution in [0.4, 0.5) is 5.82 Å². The summed E-state index contributed by atoms with van der Waals surface area (Å²) in [6.07, 6.45) is 5.08. The molecule has 0 radical (unpaired) electrons. The highest BCUT2D eigenvalue weighted by Crippen LogP contribution is 2.20. The third-order valence-electron chi connectivity index (χ3n) is 3.41. The Bertz CT molecular complexity index is 814. The highest BCUT2D eigenvalue weighted by molar-refractivity contribution is 5.57. The summed E-state index contributed by atoms with van der Waals surface area (Å²) in [7, 11) is 3.53. The molecule has 1 N–H and O–H groups in total. The van der Waals surface area contributed by atoms with E-state index in [1.807, 2.05) is 36.9 Å². The van der Waals surface area contributed by atoms with Crippen LogP contribution in [0.15, 0.2) is 36.8 Å². The van der Waals surface area contributed by atoms with Gasteiger partial charge in [-0.25, -0.2) is 9.97 Å². The number of hydrogen-bond donors (Lipinski definition) is 1. The minimum absolute atomic E-state index is 0.600. The maximum atomic E-state index is 5.18. The Morgan fingerprint density at radius 1 is 1.26 bits per heavy atom. The van der Waals surface area contributed by atoms with E-state index in [9.17, 15) is 0 Å². The summed E-state index contributed by atoms with van der Waals surface area (Å²) in [6, 6.07) is 5.73. The third kappa shape index (κ3) is 3.45. The number of pyridine rings is 1. The van der Waals surface area contributed by atoms with Gasteiger partial charge in [0.2, 0.25) is 0 Å². The molecule has 3 aromatic heterocycles. The number of anilines is 1. The monoisotopic (exact) mass is 310 g/mol. The van der Waals surface area contributed by atoms with Crippen molar-refractivity contribution >= 4 is 5.82 Å². The van der Waals surface area contributed by atoms with E-state index in [-0.39, 0.29) is 0 Å². The zero-order valence-electron chi connectivity index (χ0n) is 13.3. The maximum Gasteiger partial charge on any atom is 0.163 e. The molecule has 7 heteroatoms. The van der Waals surface area contributed by atoms with Crippen molar-refractivity contribution in [3.8, 4) is 17.1 Å². The van der Waals surface area contributed by atoms with Crippen LogP contribution in [-0.2, 0) is 13.6 Å². The molecule has 0 aliphatic rings. The predicted molar refractivity (Wildman–Crippen MR) is 87.1 cm³/mol. The molecule has 0 atom stereocenters. The molecule has 0 aliphatic heterocycles. The summed E-state index contributed by atoms with van der Waals surface area (Å²) < 4.78 is 7.04. The molecule has 0 unspecified atom stereocenters. The second-order valence-corrected chi connectivity index (χ2v) is 5.13. The van der Waals surface area contributed by atoms with E-state index < -0.39 is 0 Å². The number of nitrogens with one attached hydrogen (secondary N) is 1. The molecule has 23 heavy (non-hydrogen) atoms. The minimum atomic E-state index is 0.600. The van der Waals surface area contributed by atoms with E-state index in [2.05, 4.69) is 25.4 Å². The van der Waals surface area contributed by atoms with Gasteiger partial charge in [-0.15, -0.1) is 0 Å². The first kappa shape index (κ1) is 15.0. The molecule has 0 aromatic carbocycles. The average Bonchev–Trinajstić information content (AvgIpc) is 2.91. The zero-order valence-corrected chi connectivity index (χ0v) is 13.3. The van der Waals surface area contributed by atoms with Gasteiger partial charge in [0.05, 0.1) is 31.2 Å². The Hall–Kier alpha value is -2.96. The SMILES string of the molecule is COc1cncc(-c2nccc(NCc3cc(C)nn3C)n2)c1. The number of rotatable bonds is 5. The van der Waals surface area contributed by atoms with Crippen LogP contribution < -0.4 is 10.1 Å². The molecule has 3 aromatic rings. The van der Waals surface area contributed by atoms with Crippen molar-refractivity contribution in [2.24, 2.45) is 7.05 Å². The van der Waals surface area contributed by atoms with Crippen LogP contribution in [0.5, 0.6) is 5.75 Å². The van der Waals surface area contributed by atoms with Crippen molar-refractivity contribution in [2.75, 3.05) is 12.4 Å². The summed E-state index contributed by atoms with van der Waals surface area (Å²) in [5.41, 5.74) is 2.89. The number of ether oxygens (including phenoxy) is 1. The topological polar surface area (TPSA) is 77.8 Å². The van der Waals surface area contributed by atoms with Gasteiger partial charge in [0.25, 0.3) is 0 Å². The fraction of sp³-hybridized carbons (Fsp3) is 0.250. The Morgan fingerprint density at radius 2 is 2.13 bits per heavy atom. The zero-order chi connectivity index (χ0) is 16.2. The van der Waals surface area contributed by atoms with Crippen LogP contribution in [0.1, 0.15) is 11.4 Å². The van der Waals surface area contributed by atoms with E-state index in [0.717, 1.165) is 22.8 Å². The van der Waals surface area contributed by atoms with Gasteiger partial charge >= 0.3 is 0 Å². The quantitative estimate of drug-likeness (QED) is 0.778. The lowest BCUT2D eigenvalue weighted by molar-refractivity contribution is 0.413. The molecule has 0 fully saturated rings. The minimum Gasteiger partial charge on any atom is -0.495 e. The number of methoxy groups -OCH3 is 1. The Kier molecular flexibility index (Phi) is 4.18. The molecule has 3 heterocycles. The molecular formula is C16H18N6O. The van der Waals surface area contributed by atoms with Gasteiger partial charge in [-0.1, -0.05) is 0 Å². The summed E-state index contributed by atoms with van der Waals surface area (Å²) in [6.45, 7) is 2.62. The predicted octanol–water partition coefficient (Wildman–Crippen LogP) is 2.20. The summed E-state index contributed by atoms with van der Waals surface area (Å²) in [5, 5.41) is 7.62. The van der Waals surface area contributed by atoms with Crippen molar-refractivity contribution in [3.63, 3.8) is 0 Å². The molecule has 0 saturated heterocycles. The molecule has 7 nitrogen and oxygen atoms in total. The number of hydrogen-bond acceptors (Lipinski definition) is 6. The van der Waals surface area contributed by atoms with Gasteiger partial charge in [0.1, 0.15) is 11.6 Å². The lowest BCUT2D eigenvalue weighted by Crippen LogP contribution is -2.07. The Morgan fingerprint density at radius 3 is 2.87 bits per heavy atom. The highest BCUT2D eigenvalue weighted by atomic mass is 16.5. The van der Waals surface area contributed by atoms with E-state index in [1.54, 1.807) is 25.7 Å². The second-order valence-electron chi connectivity index (χ2n) is 5.13. The standard InChI is InChI=1S/C16H18N6O/c1-11-6-13(22(2)21-11)9-19-15-4-5-18-16(20-15)12-7-14(23-3)10-17-8-12/h4-8,10H,9H2,1-3H3,(H,18,19,20).